The maximum atomic E-state index is 13.2. The second-order valence-electron chi connectivity index (χ2n) is 7.28. The zero-order valence-electron chi connectivity index (χ0n) is 16.3. The monoisotopic (exact) mass is 393 g/mol. The van der Waals surface area contributed by atoms with Crippen LogP contribution in [-0.4, -0.2) is 27.2 Å². The van der Waals surface area contributed by atoms with Gasteiger partial charge in [0.25, 0.3) is 5.91 Å². The molecule has 6 nitrogen and oxygen atoms in total. The Balaban J connectivity index is 1.63. The van der Waals surface area contributed by atoms with E-state index in [0.29, 0.717) is 5.95 Å². The van der Waals surface area contributed by atoms with E-state index in [4.69, 9.17) is 4.99 Å². The highest BCUT2D eigenvalue weighted by molar-refractivity contribution is 6.20. The van der Waals surface area contributed by atoms with Crippen LogP contribution in [0.1, 0.15) is 18.1 Å². The van der Waals surface area contributed by atoms with Crippen LogP contribution >= 0.6 is 0 Å². The molecule has 1 aromatic heterocycles. The maximum Gasteiger partial charge on any atom is 0.272 e. The first-order valence-electron chi connectivity index (χ1n) is 9.68. The Morgan fingerprint density at radius 1 is 0.900 bits per heavy atom. The molecule has 2 heterocycles. The van der Waals surface area contributed by atoms with Crippen molar-refractivity contribution in [2.75, 3.05) is 10.6 Å². The number of rotatable bonds is 3. The Hall–Kier alpha value is -4.06. The Labute approximate surface area is 173 Å². The summed E-state index contributed by atoms with van der Waals surface area (Å²) in [7, 11) is 0. The molecule has 0 aliphatic carbocycles. The van der Waals surface area contributed by atoms with Crippen molar-refractivity contribution in [3.63, 3.8) is 0 Å². The van der Waals surface area contributed by atoms with Gasteiger partial charge in [-0.3, -0.25) is 4.79 Å². The number of anilines is 2. The second kappa shape index (κ2) is 7.08. The predicted octanol–water partition coefficient (Wildman–Crippen LogP) is 4.25. The highest BCUT2D eigenvalue weighted by Gasteiger charge is 2.37. The number of hydrogen-bond donors (Lipinski definition) is 2. The van der Waals surface area contributed by atoms with Crippen LogP contribution in [0.4, 0.5) is 11.6 Å². The molecular weight excluding hydrogens is 374 g/mol. The van der Waals surface area contributed by atoms with Gasteiger partial charge in [-0.15, -0.1) is 0 Å². The first kappa shape index (κ1) is 18.0. The number of aromatic nitrogens is 2. The lowest BCUT2D eigenvalue weighted by atomic mass is 10.0. The van der Waals surface area contributed by atoms with Gasteiger partial charge in [-0.2, -0.15) is 0 Å². The van der Waals surface area contributed by atoms with E-state index in [1.165, 1.54) is 0 Å². The lowest BCUT2D eigenvalue weighted by Gasteiger charge is -2.24. The largest absolute Gasteiger partial charge is 0.322 e. The quantitative estimate of drug-likeness (QED) is 0.545. The van der Waals surface area contributed by atoms with Crippen molar-refractivity contribution in [1.82, 2.24) is 9.97 Å². The summed E-state index contributed by atoms with van der Waals surface area (Å²) in [5, 5.41) is 7.08. The van der Waals surface area contributed by atoms with Crippen LogP contribution in [0.2, 0.25) is 0 Å². The molecule has 0 spiro atoms. The van der Waals surface area contributed by atoms with Crippen molar-refractivity contribution in [2.45, 2.75) is 12.6 Å². The summed E-state index contributed by atoms with van der Waals surface area (Å²) in [6, 6.07) is 25.2. The van der Waals surface area contributed by atoms with Crippen molar-refractivity contribution in [1.29, 1.82) is 0 Å². The number of aliphatic imine (C=N–C) groups is 1. The molecule has 0 fully saturated rings. The van der Waals surface area contributed by atoms with E-state index >= 15 is 0 Å². The number of benzodiazepines with no additional fused rings is 1. The topological polar surface area (TPSA) is 79.3 Å². The number of benzene rings is 3. The Kier molecular flexibility index (Phi) is 4.25. The van der Waals surface area contributed by atoms with Gasteiger partial charge in [-0.25, -0.2) is 15.0 Å². The third kappa shape index (κ3) is 3.18. The molecule has 0 saturated heterocycles. The zero-order valence-corrected chi connectivity index (χ0v) is 16.3. The summed E-state index contributed by atoms with van der Waals surface area (Å²) >= 11 is 0. The van der Waals surface area contributed by atoms with Crippen LogP contribution in [0, 0.1) is 0 Å². The summed E-state index contributed by atoms with van der Waals surface area (Å²) < 4.78 is 0. The lowest BCUT2D eigenvalue weighted by molar-refractivity contribution is -0.119. The summed E-state index contributed by atoms with van der Waals surface area (Å²) in [5.41, 5.74) is 2.72. The molecule has 1 aliphatic rings. The average Bonchev–Trinajstić information content (AvgIpc) is 2.89. The van der Waals surface area contributed by atoms with Crippen molar-refractivity contribution < 1.29 is 4.79 Å². The number of carbonyl (C=O) groups is 1. The number of nitrogens with zero attached hydrogens (tertiary/aromatic N) is 3. The first-order valence-corrected chi connectivity index (χ1v) is 9.68. The molecule has 5 rings (SSSR count). The van der Waals surface area contributed by atoms with E-state index in [2.05, 4.69) is 20.6 Å². The van der Waals surface area contributed by atoms with Crippen LogP contribution in [0.25, 0.3) is 10.9 Å². The lowest BCUT2D eigenvalue weighted by Crippen LogP contribution is -2.45. The van der Waals surface area contributed by atoms with Crippen molar-refractivity contribution in [3.8, 4) is 0 Å². The minimum Gasteiger partial charge on any atom is -0.322 e. The van der Waals surface area contributed by atoms with E-state index in [1.54, 1.807) is 13.1 Å². The number of hydrogen-bond acceptors (Lipinski definition) is 5. The summed E-state index contributed by atoms with van der Waals surface area (Å²) in [4.78, 5) is 27.0. The van der Waals surface area contributed by atoms with E-state index in [0.717, 1.165) is 33.4 Å². The number of para-hydroxylation sites is 2. The van der Waals surface area contributed by atoms with Gasteiger partial charge < -0.3 is 10.6 Å². The molecule has 1 atom stereocenters. The molecule has 1 aliphatic heterocycles. The molecule has 0 bridgehead atoms. The van der Waals surface area contributed by atoms with E-state index in [1.807, 2.05) is 78.9 Å². The highest BCUT2D eigenvalue weighted by atomic mass is 16.2. The van der Waals surface area contributed by atoms with Crippen LogP contribution in [0.5, 0.6) is 0 Å². The Morgan fingerprint density at radius 2 is 1.63 bits per heavy atom. The normalized spacial score (nSPS) is 18.2. The molecule has 146 valence electrons. The van der Waals surface area contributed by atoms with Gasteiger partial charge in [0, 0.05) is 22.7 Å². The summed E-state index contributed by atoms with van der Waals surface area (Å²) in [5.74, 6) is 0.0612. The van der Waals surface area contributed by atoms with Gasteiger partial charge in [0.05, 0.1) is 16.9 Å². The van der Waals surface area contributed by atoms with Gasteiger partial charge in [-0.05, 0) is 19.1 Å². The van der Waals surface area contributed by atoms with Gasteiger partial charge in [0.2, 0.25) is 11.6 Å². The molecule has 4 aromatic rings. The molecule has 0 radical (unpaired) electrons. The van der Waals surface area contributed by atoms with E-state index in [9.17, 15) is 4.79 Å². The predicted molar refractivity (Wildman–Crippen MR) is 119 cm³/mol. The maximum absolute atomic E-state index is 13.2. The van der Waals surface area contributed by atoms with Crippen LogP contribution in [0.3, 0.4) is 0 Å². The highest BCUT2D eigenvalue weighted by Crippen LogP contribution is 2.28. The molecule has 30 heavy (non-hydrogen) atoms. The molecule has 0 saturated carbocycles. The number of nitrogens with one attached hydrogen (secondary N) is 2. The molecule has 1 unspecified atom stereocenters. The average molecular weight is 393 g/mol. The Morgan fingerprint density at radius 3 is 2.50 bits per heavy atom. The second-order valence-corrected chi connectivity index (χ2v) is 7.28. The van der Waals surface area contributed by atoms with Crippen molar-refractivity contribution >= 4 is 34.2 Å². The number of amides is 1. The number of carbonyl (C=O) groups excluding carboxylic acids is 1. The third-order valence-electron chi connectivity index (χ3n) is 5.10. The van der Waals surface area contributed by atoms with Crippen molar-refractivity contribution in [3.05, 3.63) is 96.2 Å². The van der Waals surface area contributed by atoms with Crippen LogP contribution < -0.4 is 10.6 Å². The molecule has 3 aromatic carbocycles. The van der Waals surface area contributed by atoms with Gasteiger partial charge in [0.15, 0.2) is 0 Å². The summed E-state index contributed by atoms with van der Waals surface area (Å²) in [6.07, 6.45) is 1.74. The summed E-state index contributed by atoms with van der Waals surface area (Å²) in [6.45, 7) is 1.73. The fourth-order valence-electron chi connectivity index (χ4n) is 3.53. The smallest absolute Gasteiger partial charge is 0.272 e. The first-order chi connectivity index (χ1) is 14.6. The fourth-order valence-corrected chi connectivity index (χ4v) is 3.53. The zero-order chi connectivity index (χ0) is 20.6. The SMILES string of the molecule is CC1(Nc2ncc3ccccc3n2)N=C(c2ccccc2)c2ccccc2NC1=O. The number of fused-ring (bicyclic) bond motifs is 2. The van der Waals surface area contributed by atoms with Crippen molar-refractivity contribution in [2.24, 2.45) is 4.99 Å². The molecular formula is C24H19N5O. The minimum atomic E-state index is -1.30. The minimum absolute atomic E-state index is 0.280. The third-order valence-corrected chi connectivity index (χ3v) is 5.10. The van der Waals surface area contributed by atoms with Gasteiger partial charge in [-0.1, -0.05) is 66.7 Å². The fraction of sp³-hybridized carbons (Fsp3) is 0.0833. The Bertz CT molecular complexity index is 1290. The molecule has 2 N–H and O–H groups in total. The standard InChI is InChI=1S/C24H19N5O/c1-24(29-23-25-15-17-11-5-7-13-19(17)27-23)22(30)26-20-14-8-6-12-18(20)21(28-24)16-9-3-2-4-10-16/h2-15H,1H3,(H,26,30)(H,25,27,29). The molecule has 1 amide bonds. The van der Waals surface area contributed by atoms with Crippen LogP contribution in [0.15, 0.2) is 90.1 Å². The molecule has 6 heteroatoms. The van der Waals surface area contributed by atoms with E-state index in [-0.39, 0.29) is 5.91 Å². The van der Waals surface area contributed by atoms with Crippen LogP contribution in [-0.2, 0) is 4.79 Å². The van der Waals surface area contributed by atoms with Gasteiger partial charge in [0.1, 0.15) is 0 Å². The van der Waals surface area contributed by atoms with E-state index < -0.39 is 5.66 Å². The van der Waals surface area contributed by atoms with Gasteiger partial charge >= 0.3 is 0 Å².